The molecule has 1 aliphatic carbocycles. The largest absolute Gasteiger partial charge is 0.506 e. The van der Waals surface area contributed by atoms with Crippen LogP contribution in [0.2, 0.25) is 10.0 Å². The first-order chi connectivity index (χ1) is 26.1. The van der Waals surface area contributed by atoms with E-state index in [0.29, 0.717) is 47.4 Å². The number of aromatic hydroxyl groups is 1. The second-order valence-corrected chi connectivity index (χ2v) is 14.7. The van der Waals surface area contributed by atoms with E-state index in [4.69, 9.17) is 42.1 Å². The molecule has 1 amide bonds. The molecule has 0 radical (unpaired) electrons. The molecule has 0 unspecified atom stereocenters. The van der Waals surface area contributed by atoms with Crippen LogP contribution in [0.15, 0.2) is 79.1 Å². The van der Waals surface area contributed by atoms with Crippen LogP contribution < -0.4 is 14.4 Å². The van der Waals surface area contributed by atoms with Gasteiger partial charge in [-0.25, -0.2) is 9.59 Å². The third-order valence-corrected chi connectivity index (χ3v) is 10.7. The molecule has 4 fully saturated rings. The Hall–Kier alpha value is -4.65. The Morgan fingerprint density at radius 2 is 1.67 bits per heavy atom. The number of piperidine rings is 3. The van der Waals surface area contributed by atoms with E-state index < -0.39 is 24.8 Å². The van der Waals surface area contributed by atoms with Gasteiger partial charge in [-0.3, -0.25) is 14.8 Å². The zero-order valence-corrected chi connectivity index (χ0v) is 30.7. The number of fused-ring (bicyclic) bond motifs is 3. The number of carbonyl (C=O) groups is 2. The summed E-state index contributed by atoms with van der Waals surface area (Å²) < 4.78 is 49.2. The van der Waals surface area contributed by atoms with E-state index >= 15 is 0 Å². The molecule has 284 valence electrons. The van der Waals surface area contributed by atoms with Crippen molar-refractivity contribution in [2.75, 3.05) is 31.1 Å². The number of benzene rings is 3. The third kappa shape index (κ3) is 9.17. The summed E-state index contributed by atoms with van der Waals surface area (Å²) in [5, 5.41) is 11.2. The van der Waals surface area contributed by atoms with E-state index in [-0.39, 0.29) is 51.9 Å². The number of alkyl halides is 2. The van der Waals surface area contributed by atoms with E-state index in [2.05, 4.69) is 9.88 Å². The van der Waals surface area contributed by atoms with Crippen molar-refractivity contribution < 1.29 is 42.4 Å². The maximum atomic E-state index is 13.7. The number of pyridine rings is 1. The van der Waals surface area contributed by atoms with E-state index in [1.54, 1.807) is 42.5 Å². The number of phenolic OH excluding ortho intramolecular Hbond substituents is 1. The highest BCUT2D eigenvalue weighted by atomic mass is 35.5. The summed E-state index contributed by atoms with van der Waals surface area (Å²) in [5.74, 6) is -0.158. The Balaban J connectivity index is 1.11. The molecule has 1 saturated carbocycles. The number of nitrogens with zero attached hydrogens (tertiary/aromatic N) is 3. The smallest absolute Gasteiger partial charge is 0.415 e. The van der Waals surface area contributed by atoms with Gasteiger partial charge < -0.3 is 24.1 Å². The number of hydrogen-bond acceptors (Lipinski definition) is 9. The van der Waals surface area contributed by atoms with Gasteiger partial charge in [0, 0.05) is 25.4 Å². The Labute approximate surface area is 321 Å². The summed E-state index contributed by atoms with van der Waals surface area (Å²) in [7, 11) is 0. The van der Waals surface area contributed by atoms with Crippen molar-refractivity contribution in [2.24, 2.45) is 11.8 Å². The highest BCUT2D eigenvalue weighted by Crippen LogP contribution is 2.39. The molecule has 1 N–H and O–H groups in total. The maximum absolute atomic E-state index is 13.7. The van der Waals surface area contributed by atoms with Gasteiger partial charge in [0.15, 0.2) is 11.5 Å². The minimum Gasteiger partial charge on any atom is -0.506 e. The molecule has 4 aliphatic rings. The number of para-hydroxylation sites is 2. The fraction of sp³-hybridized carbons (Fsp3) is 0.375. The van der Waals surface area contributed by atoms with Crippen LogP contribution in [0, 0.1) is 11.8 Å². The lowest BCUT2D eigenvalue weighted by Gasteiger charge is -2.44. The van der Waals surface area contributed by atoms with Crippen molar-refractivity contribution in [3.8, 4) is 17.2 Å². The molecule has 2 bridgehead atoms. The van der Waals surface area contributed by atoms with Crippen molar-refractivity contribution in [1.29, 1.82) is 0 Å². The molecule has 4 heterocycles. The summed E-state index contributed by atoms with van der Waals surface area (Å²) in [4.78, 5) is 35.1. The maximum Gasteiger partial charge on any atom is 0.415 e. The van der Waals surface area contributed by atoms with Gasteiger partial charge in [0.2, 0.25) is 0 Å². The zero-order valence-electron chi connectivity index (χ0n) is 29.2. The molecule has 10 nitrogen and oxygen atoms in total. The lowest BCUT2D eigenvalue weighted by Crippen LogP contribution is -2.53. The number of ether oxygens (including phenoxy) is 4. The number of amides is 1. The molecule has 54 heavy (non-hydrogen) atoms. The van der Waals surface area contributed by atoms with Crippen LogP contribution in [0.5, 0.6) is 17.2 Å². The third-order valence-electron chi connectivity index (χ3n) is 10.1. The zero-order chi connectivity index (χ0) is 37.8. The van der Waals surface area contributed by atoms with Gasteiger partial charge in [0.1, 0.15) is 18.0 Å². The number of hydrogen-bond donors (Lipinski definition) is 1. The Kier molecular flexibility index (Phi) is 11.7. The lowest BCUT2D eigenvalue weighted by atomic mass is 9.86. The van der Waals surface area contributed by atoms with Crippen molar-refractivity contribution in [1.82, 2.24) is 9.88 Å². The fourth-order valence-electron chi connectivity index (χ4n) is 6.87. The second kappa shape index (κ2) is 16.8. The number of anilines is 1. The Bertz CT molecular complexity index is 1940. The van der Waals surface area contributed by atoms with Gasteiger partial charge in [0.05, 0.1) is 34.4 Å². The average Bonchev–Trinajstić information content (AvgIpc) is 4.00. The quantitative estimate of drug-likeness (QED) is 0.126. The van der Waals surface area contributed by atoms with E-state index in [1.807, 2.05) is 0 Å². The standard InChI is InChI=1S/C40H39Cl2F2N3O7/c41-30-19-45-20-31(42)29(30)18-35(28-11-12-34(53-39(43)44)36(17-28)51-23-25-5-6-25)52-38(49)27-9-7-24(8-10-27)21-47(32-3-1-2-4-33(32)48)40(50)54-37-22-46-15-13-26(37)14-16-46/h1-4,7-12,17,19-20,25-26,35,37,39,48H,5-6,13-16,18,21-23H2/t35-,37-/m0/s1. The molecule has 3 aliphatic heterocycles. The van der Waals surface area contributed by atoms with Gasteiger partial charge in [0.25, 0.3) is 0 Å². The van der Waals surface area contributed by atoms with Gasteiger partial charge in [-0.05, 0) is 104 Å². The molecule has 14 heteroatoms. The van der Waals surface area contributed by atoms with Crippen molar-refractivity contribution in [3.63, 3.8) is 0 Å². The molecule has 0 spiro atoms. The number of halogens is 4. The van der Waals surface area contributed by atoms with Crippen LogP contribution in [0.25, 0.3) is 0 Å². The van der Waals surface area contributed by atoms with Gasteiger partial charge in [-0.1, -0.05) is 53.5 Å². The van der Waals surface area contributed by atoms with Crippen molar-refractivity contribution in [2.45, 2.75) is 57.5 Å². The number of esters is 1. The van der Waals surface area contributed by atoms with E-state index in [9.17, 15) is 23.5 Å². The number of aromatic nitrogens is 1. The first kappa shape index (κ1) is 37.7. The topological polar surface area (TPSA) is 111 Å². The van der Waals surface area contributed by atoms with Crippen LogP contribution in [0.3, 0.4) is 0 Å². The normalized spacial score (nSPS) is 19.6. The molecule has 3 aromatic carbocycles. The Morgan fingerprint density at radius 1 is 0.944 bits per heavy atom. The minimum atomic E-state index is -3.06. The monoisotopic (exact) mass is 781 g/mol. The van der Waals surface area contributed by atoms with Crippen LogP contribution in [0.4, 0.5) is 19.3 Å². The fourth-order valence-corrected chi connectivity index (χ4v) is 7.39. The molecular weight excluding hydrogens is 743 g/mol. The summed E-state index contributed by atoms with van der Waals surface area (Å²) in [6.07, 6.45) is 5.04. The summed E-state index contributed by atoms with van der Waals surface area (Å²) >= 11 is 12.9. The molecule has 4 aromatic rings. The van der Waals surface area contributed by atoms with Crippen molar-refractivity contribution >= 4 is 41.0 Å². The van der Waals surface area contributed by atoms with Crippen LogP contribution in [-0.2, 0) is 22.4 Å². The van der Waals surface area contributed by atoms with Crippen LogP contribution in [-0.4, -0.2) is 66.0 Å². The summed E-state index contributed by atoms with van der Waals surface area (Å²) in [6, 6.07) is 17.5. The summed E-state index contributed by atoms with van der Waals surface area (Å²) in [5.41, 5.74) is 2.09. The van der Waals surface area contributed by atoms with E-state index in [1.165, 1.54) is 41.6 Å². The number of rotatable bonds is 14. The molecule has 1 aromatic heterocycles. The minimum absolute atomic E-state index is 0.0401. The number of carbonyl (C=O) groups excluding carboxylic acids is 2. The predicted molar refractivity (Wildman–Crippen MR) is 198 cm³/mol. The lowest BCUT2D eigenvalue weighted by molar-refractivity contribution is -0.0515. The summed E-state index contributed by atoms with van der Waals surface area (Å²) in [6.45, 7) is 0.0186. The number of phenols is 1. The van der Waals surface area contributed by atoms with Gasteiger partial charge >= 0.3 is 18.7 Å². The first-order valence-electron chi connectivity index (χ1n) is 17.9. The highest BCUT2D eigenvalue weighted by molar-refractivity contribution is 6.35. The van der Waals surface area contributed by atoms with E-state index in [0.717, 1.165) is 38.8 Å². The molecule has 2 atom stereocenters. The van der Waals surface area contributed by atoms with Crippen LogP contribution in [0.1, 0.15) is 58.8 Å². The van der Waals surface area contributed by atoms with Gasteiger partial charge in [-0.15, -0.1) is 0 Å². The van der Waals surface area contributed by atoms with Crippen LogP contribution >= 0.6 is 23.2 Å². The Morgan fingerprint density at radius 3 is 2.31 bits per heavy atom. The molecular formula is C40H39Cl2F2N3O7. The average molecular weight is 783 g/mol. The second-order valence-electron chi connectivity index (χ2n) is 13.9. The van der Waals surface area contributed by atoms with Crippen molar-refractivity contribution in [3.05, 3.63) is 111 Å². The molecule has 3 saturated heterocycles. The molecule has 8 rings (SSSR count). The predicted octanol–water partition coefficient (Wildman–Crippen LogP) is 8.86. The SMILES string of the molecule is O=C(O[C@@H](Cc1c(Cl)cncc1Cl)c1ccc(OC(F)F)c(OCC2CC2)c1)c1ccc(CN(C(=O)O[C@H]2CN3CCC2CC3)c2ccccc2O)cc1. The first-order valence-corrected chi connectivity index (χ1v) is 18.6. The highest BCUT2D eigenvalue weighted by Gasteiger charge is 2.38. The van der Waals surface area contributed by atoms with Gasteiger partial charge in [-0.2, -0.15) is 8.78 Å².